The first-order valence-electron chi connectivity index (χ1n) is 5.04. The van der Waals surface area contributed by atoms with Crippen LogP contribution in [-0.2, 0) is 0 Å². The fourth-order valence-electron chi connectivity index (χ4n) is 1.92. The van der Waals surface area contributed by atoms with Gasteiger partial charge in [0.05, 0.1) is 6.04 Å². The van der Waals surface area contributed by atoms with Crippen molar-refractivity contribution in [3.8, 4) is 0 Å². The summed E-state index contributed by atoms with van der Waals surface area (Å²) in [5, 5.41) is 2.04. The summed E-state index contributed by atoms with van der Waals surface area (Å²) in [6.45, 7) is 0. The third-order valence-electron chi connectivity index (χ3n) is 2.67. The number of fused-ring (bicyclic) bond motifs is 1. The molecule has 80 valence electrons. The summed E-state index contributed by atoms with van der Waals surface area (Å²) < 4.78 is 0. The van der Waals surface area contributed by atoms with Crippen molar-refractivity contribution >= 4 is 17.2 Å². The number of thiophene rings is 1. The zero-order valence-corrected chi connectivity index (χ0v) is 9.25. The van der Waals surface area contributed by atoms with E-state index in [1.807, 2.05) is 35.7 Å². The highest BCUT2D eigenvalue weighted by Crippen LogP contribution is 2.29. The summed E-state index contributed by atoms with van der Waals surface area (Å²) in [4.78, 5) is 12.8. The van der Waals surface area contributed by atoms with Gasteiger partial charge in [-0.25, -0.2) is 5.43 Å². The van der Waals surface area contributed by atoms with E-state index in [0.717, 1.165) is 11.1 Å². The molecule has 1 aliphatic heterocycles. The Hall–Kier alpha value is -1.65. The highest BCUT2D eigenvalue weighted by molar-refractivity contribution is 7.10. The lowest BCUT2D eigenvalue weighted by molar-refractivity contribution is 0.0913. The van der Waals surface area contributed by atoms with Gasteiger partial charge in [-0.2, -0.15) is 0 Å². The predicted octanol–water partition coefficient (Wildman–Crippen LogP) is 2.09. The summed E-state index contributed by atoms with van der Waals surface area (Å²) in [5.74, 6) is -0.0663. The molecule has 1 aliphatic rings. The Morgan fingerprint density at radius 3 is 2.81 bits per heavy atom. The molecule has 2 heterocycles. The molecular formula is C12H10N2OS. The van der Waals surface area contributed by atoms with Crippen LogP contribution in [0.1, 0.15) is 26.8 Å². The Bertz CT molecular complexity index is 522. The van der Waals surface area contributed by atoms with Crippen LogP contribution in [0.3, 0.4) is 0 Å². The molecule has 16 heavy (non-hydrogen) atoms. The summed E-state index contributed by atoms with van der Waals surface area (Å²) in [5.41, 5.74) is 7.52. The number of hydrogen-bond donors (Lipinski definition) is 2. The molecule has 1 amide bonds. The van der Waals surface area contributed by atoms with Crippen molar-refractivity contribution in [3.05, 3.63) is 57.8 Å². The lowest BCUT2D eigenvalue weighted by Crippen LogP contribution is -2.45. The zero-order valence-electron chi connectivity index (χ0n) is 8.44. The van der Waals surface area contributed by atoms with Crippen LogP contribution in [-0.4, -0.2) is 5.91 Å². The molecule has 0 saturated heterocycles. The van der Waals surface area contributed by atoms with Gasteiger partial charge in [-0.15, -0.1) is 11.3 Å². The molecule has 1 aromatic heterocycles. The van der Waals surface area contributed by atoms with Crippen LogP contribution in [0, 0.1) is 0 Å². The van der Waals surface area contributed by atoms with Gasteiger partial charge in [0.15, 0.2) is 0 Å². The Morgan fingerprint density at radius 1 is 1.12 bits per heavy atom. The molecule has 0 spiro atoms. The number of hydrazine groups is 1. The van der Waals surface area contributed by atoms with Crippen LogP contribution in [0.4, 0.5) is 0 Å². The van der Waals surface area contributed by atoms with Gasteiger partial charge >= 0.3 is 0 Å². The molecule has 0 bridgehead atoms. The SMILES string of the molecule is O=C1NN[C@H](c2cccs2)c2ccccc21. The maximum Gasteiger partial charge on any atom is 0.265 e. The summed E-state index contributed by atoms with van der Waals surface area (Å²) >= 11 is 1.68. The molecule has 4 heteroatoms. The molecule has 3 nitrogen and oxygen atoms in total. The Kier molecular flexibility index (Phi) is 2.23. The molecule has 2 aromatic rings. The van der Waals surface area contributed by atoms with Crippen molar-refractivity contribution in [2.45, 2.75) is 6.04 Å². The Balaban J connectivity index is 2.11. The van der Waals surface area contributed by atoms with Gasteiger partial charge in [-0.05, 0) is 23.1 Å². The van der Waals surface area contributed by atoms with E-state index in [9.17, 15) is 4.79 Å². The largest absolute Gasteiger partial charge is 0.287 e. The predicted molar refractivity (Wildman–Crippen MR) is 63.2 cm³/mol. The maximum absolute atomic E-state index is 11.6. The monoisotopic (exact) mass is 230 g/mol. The van der Waals surface area contributed by atoms with Crippen LogP contribution in [0.25, 0.3) is 0 Å². The van der Waals surface area contributed by atoms with Crippen molar-refractivity contribution in [1.82, 2.24) is 10.9 Å². The number of benzene rings is 1. The lowest BCUT2D eigenvalue weighted by Gasteiger charge is -2.25. The van der Waals surface area contributed by atoms with Gasteiger partial charge in [0, 0.05) is 10.4 Å². The van der Waals surface area contributed by atoms with E-state index in [1.165, 1.54) is 4.88 Å². The fourth-order valence-corrected chi connectivity index (χ4v) is 2.71. The van der Waals surface area contributed by atoms with Gasteiger partial charge in [-0.1, -0.05) is 24.3 Å². The molecule has 0 radical (unpaired) electrons. The van der Waals surface area contributed by atoms with E-state index in [4.69, 9.17) is 0 Å². The molecule has 1 atom stereocenters. The number of rotatable bonds is 1. The molecule has 0 saturated carbocycles. The second-order valence-corrected chi connectivity index (χ2v) is 4.61. The van der Waals surface area contributed by atoms with Crippen LogP contribution < -0.4 is 10.9 Å². The summed E-state index contributed by atoms with van der Waals surface area (Å²) in [6.07, 6.45) is 0. The molecular weight excluding hydrogens is 220 g/mol. The van der Waals surface area contributed by atoms with Crippen molar-refractivity contribution in [2.75, 3.05) is 0 Å². The highest BCUT2D eigenvalue weighted by atomic mass is 32.1. The van der Waals surface area contributed by atoms with Gasteiger partial charge < -0.3 is 0 Å². The minimum Gasteiger partial charge on any atom is -0.287 e. The van der Waals surface area contributed by atoms with E-state index in [1.54, 1.807) is 11.3 Å². The first-order chi connectivity index (χ1) is 7.86. The summed E-state index contributed by atoms with van der Waals surface area (Å²) in [7, 11) is 0. The third-order valence-corrected chi connectivity index (χ3v) is 3.61. The molecule has 0 unspecified atom stereocenters. The number of nitrogens with one attached hydrogen (secondary N) is 2. The molecule has 2 N–H and O–H groups in total. The van der Waals surface area contributed by atoms with Gasteiger partial charge in [0.25, 0.3) is 5.91 Å². The van der Waals surface area contributed by atoms with Gasteiger partial charge in [0.2, 0.25) is 0 Å². The molecule has 1 aromatic carbocycles. The minimum absolute atomic E-state index is 0.0638. The average Bonchev–Trinajstić information content (AvgIpc) is 2.83. The Morgan fingerprint density at radius 2 is 2.00 bits per heavy atom. The quantitative estimate of drug-likeness (QED) is 0.787. The summed E-state index contributed by atoms with van der Waals surface area (Å²) in [6, 6.07) is 11.8. The molecule has 3 rings (SSSR count). The zero-order chi connectivity index (χ0) is 11.0. The second-order valence-electron chi connectivity index (χ2n) is 3.63. The van der Waals surface area contributed by atoms with Gasteiger partial charge in [-0.3, -0.25) is 10.2 Å². The first kappa shape index (κ1) is 9.57. The maximum atomic E-state index is 11.6. The van der Waals surface area contributed by atoms with Crippen LogP contribution >= 0.6 is 11.3 Å². The van der Waals surface area contributed by atoms with Crippen LogP contribution in [0.5, 0.6) is 0 Å². The number of amides is 1. The topological polar surface area (TPSA) is 41.1 Å². The lowest BCUT2D eigenvalue weighted by atomic mass is 9.97. The smallest absolute Gasteiger partial charge is 0.265 e. The van der Waals surface area contributed by atoms with Crippen LogP contribution in [0.2, 0.25) is 0 Å². The molecule has 0 aliphatic carbocycles. The van der Waals surface area contributed by atoms with Crippen molar-refractivity contribution in [2.24, 2.45) is 0 Å². The average molecular weight is 230 g/mol. The van der Waals surface area contributed by atoms with Crippen molar-refractivity contribution in [3.63, 3.8) is 0 Å². The van der Waals surface area contributed by atoms with Crippen molar-refractivity contribution in [1.29, 1.82) is 0 Å². The first-order valence-corrected chi connectivity index (χ1v) is 5.92. The highest BCUT2D eigenvalue weighted by Gasteiger charge is 2.25. The van der Waals surface area contributed by atoms with E-state index in [-0.39, 0.29) is 11.9 Å². The minimum atomic E-state index is -0.0663. The van der Waals surface area contributed by atoms with E-state index in [2.05, 4.69) is 16.9 Å². The standard InChI is InChI=1S/C12H10N2OS/c15-12-9-5-2-1-4-8(9)11(13-14-12)10-6-3-7-16-10/h1-7,11,13H,(H,14,15)/t11-/m0/s1. The second kappa shape index (κ2) is 3.73. The number of carbonyl (C=O) groups excluding carboxylic acids is 1. The number of hydrogen-bond acceptors (Lipinski definition) is 3. The Labute approximate surface area is 97.1 Å². The normalized spacial score (nSPS) is 19.0. The fraction of sp³-hybridized carbons (Fsp3) is 0.0833. The van der Waals surface area contributed by atoms with E-state index < -0.39 is 0 Å². The van der Waals surface area contributed by atoms with E-state index >= 15 is 0 Å². The third kappa shape index (κ3) is 1.43. The number of carbonyl (C=O) groups is 1. The van der Waals surface area contributed by atoms with Gasteiger partial charge in [0.1, 0.15) is 0 Å². The van der Waals surface area contributed by atoms with Crippen LogP contribution in [0.15, 0.2) is 41.8 Å². The van der Waals surface area contributed by atoms with Crippen molar-refractivity contribution < 1.29 is 4.79 Å². The molecule has 0 fully saturated rings. The van der Waals surface area contributed by atoms with E-state index in [0.29, 0.717) is 0 Å².